The number of aromatic nitrogens is 2. The number of fused-ring (bicyclic) bond motifs is 2. The zero-order valence-electron chi connectivity index (χ0n) is 14.9. The van der Waals surface area contributed by atoms with Crippen LogP contribution in [0.2, 0.25) is 0 Å². The Bertz CT molecular complexity index is 789. The number of para-hydroxylation sites is 1. The van der Waals surface area contributed by atoms with Crippen molar-refractivity contribution in [2.45, 2.75) is 20.0 Å². The van der Waals surface area contributed by atoms with Crippen LogP contribution in [-0.4, -0.2) is 53.3 Å². The van der Waals surface area contributed by atoms with Gasteiger partial charge in [-0.3, -0.25) is 4.79 Å². The largest absolute Gasteiger partial charge is 0.486 e. The number of hydrogen-bond acceptors (Lipinski definition) is 5. The molecule has 138 valence electrons. The van der Waals surface area contributed by atoms with E-state index >= 15 is 0 Å². The van der Waals surface area contributed by atoms with E-state index in [1.807, 2.05) is 36.5 Å². The molecule has 4 rings (SSSR count). The maximum atomic E-state index is 13.3. The molecule has 2 aliphatic rings. The minimum absolute atomic E-state index is 0.0523. The Balaban J connectivity index is 1.62. The summed E-state index contributed by atoms with van der Waals surface area (Å²) in [4.78, 5) is 19.4. The highest BCUT2D eigenvalue weighted by molar-refractivity contribution is 5.97. The van der Waals surface area contributed by atoms with E-state index in [1.54, 1.807) is 6.07 Å². The van der Waals surface area contributed by atoms with Gasteiger partial charge in [-0.15, -0.1) is 0 Å². The monoisotopic (exact) mass is 357 g/mol. The Morgan fingerprint density at radius 1 is 1.31 bits per heavy atom. The van der Waals surface area contributed by atoms with Gasteiger partial charge >= 0.3 is 0 Å². The highest BCUT2D eigenvalue weighted by Crippen LogP contribution is 2.34. The molecule has 1 aromatic heterocycles. The Morgan fingerprint density at radius 2 is 2.19 bits per heavy atom. The van der Waals surface area contributed by atoms with Gasteiger partial charge in [-0.1, -0.05) is 6.07 Å². The summed E-state index contributed by atoms with van der Waals surface area (Å²) < 4.78 is 19.1. The third-order valence-electron chi connectivity index (χ3n) is 4.73. The van der Waals surface area contributed by atoms with E-state index in [0.717, 1.165) is 12.2 Å². The molecule has 0 aliphatic carbocycles. The molecule has 3 heterocycles. The smallest absolute Gasteiger partial charge is 0.258 e. The van der Waals surface area contributed by atoms with E-state index < -0.39 is 0 Å². The number of carbonyl (C=O) groups excluding carboxylic acids is 1. The molecule has 0 saturated carbocycles. The van der Waals surface area contributed by atoms with Crippen LogP contribution in [-0.2, 0) is 17.8 Å². The van der Waals surface area contributed by atoms with Crippen LogP contribution in [0.25, 0.3) is 0 Å². The van der Waals surface area contributed by atoms with Crippen LogP contribution in [0.5, 0.6) is 11.5 Å². The number of amides is 1. The Labute approximate surface area is 152 Å². The van der Waals surface area contributed by atoms with E-state index in [2.05, 4.69) is 9.55 Å². The van der Waals surface area contributed by atoms with Crippen LogP contribution in [0.3, 0.4) is 0 Å². The second-order valence-corrected chi connectivity index (χ2v) is 6.58. The lowest BCUT2D eigenvalue weighted by Gasteiger charge is -2.26. The Kier molecular flexibility index (Phi) is 4.79. The van der Waals surface area contributed by atoms with Crippen LogP contribution in [0, 0.1) is 5.92 Å². The van der Waals surface area contributed by atoms with Crippen LogP contribution in [0.4, 0.5) is 0 Å². The number of ether oxygens (including phenoxy) is 3. The molecule has 0 spiro atoms. The second-order valence-electron chi connectivity index (χ2n) is 6.58. The van der Waals surface area contributed by atoms with Crippen molar-refractivity contribution in [2.75, 3.05) is 33.0 Å². The average Bonchev–Trinajstić information content (AvgIpc) is 3.03. The molecule has 0 radical (unpaired) electrons. The molecule has 0 unspecified atom stereocenters. The molecule has 0 N–H and O–H groups in total. The Morgan fingerprint density at radius 3 is 3.08 bits per heavy atom. The quantitative estimate of drug-likeness (QED) is 0.837. The zero-order chi connectivity index (χ0) is 17.9. The van der Waals surface area contributed by atoms with E-state index in [9.17, 15) is 4.79 Å². The van der Waals surface area contributed by atoms with Gasteiger partial charge in [0.15, 0.2) is 11.5 Å². The fourth-order valence-corrected chi connectivity index (χ4v) is 3.51. The first-order valence-corrected chi connectivity index (χ1v) is 9.01. The van der Waals surface area contributed by atoms with Gasteiger partial charge in [0, 0.05) is 31.8 Å². The lowest BCUT2D eigenvalue weighted by Crippen LogP contribution is -2.36. The molecule has 2 aromatic rings. The number of carbonyl (C=O) groups is 1. The van der Waals surface area contributed by atoms with Crippen LogP contribution >= 0.6 is 0 Å². The third-order valence-corrected chi connectivity index (χ3v) is 4.73. The standard InChI is InChI=1S/C19H23N3O4/c1-2-24-12-14-9-21(11-15-8-20-13-22(15)10-14)19(23)16-4-3-5-17-18(16)26-7-6-25-17/h3-5,8,13-14H,2,6-7,9-12H2,1H3/t14-/m0/s1. The summed E-state index contributed by atoms with van der Waals surface area (Å²) in [5.41, 5.74) is 1.57. The van der Waals surface area contributed by atoms with Crippen molar-refractivity contribution in [1.82, 2.24) is 14.5 Å². The summed E-state index contributed by atoms with van der Waals surface area (Å²) in [5, 5.41) is 0. The van der Waals surface area contributed by atoms with Gasteiger partial charge in [0.05, 0.1) is 30.7 Å². The van der Waals surface area contributed by atoms with Crippen molar-refractivity contribution in [1.29, 1.82) is 0 Å². The summed E-state index contributed by atoms with van der Waals surface area (Å²) in [6.45, 7) is 6.17. The maximum Gasteiger partial charge on any atom is 0.258 e. The van der Waals surface area contributed by atoms with Gasteiger partial charge in [0.1, 0.15) is 13.2 Å². The summed E-state index contributed by atoms with van der Waals surface area (Å²) >= 11 is 0. The van der Waals surface area contributed by atoms with Gasteiger partial charge in [0.2, 0.25) is 0 Å². The first-order chi connectivity index (χ1) is 12.8. The molecular weight excluding hydrogens is 334 g/mol. The normalized spacial score (nSPS) is 19.0. The van der Waals surface area contributed by atoms with E-state index in [0.29, 0.717) is 56.6 Å². The van der Waals surface area contributed by atoms with Gasteiger partial charge in [0.25, 0.3) is 5.91 Å². The van der Waals surface area contributed by atoms with Crippen molar-refractivity contribution in [3.8, 4) is 11.5 Å². The van der Waals surface area contributed by atoms with Crippen LogP contribution in [0.1, 0.15) is 23.0 Å². The molecule has 26 heavy (non-hydrogen) atoms. The molecule has 0 saturated heterocycles. The lowest BCUT2D eigenvalue weighted by molar-refractivity contribution is 0.0611. The number of hydrogen-bond donors (Lipinski definition) is 0. The van der Waals surface area contributed by atoms with Gasteiger partial charge in [-0.2, -0.15) is 0 Å². The van der Waals surface area contributed by atoms with Crippen molar-refractivity contribution in [3.63, 3.8) is 0 Å². The van der Waals surface area contributed by atoms with Gasteiger partial charge in [-0.05, 0) is 19.1 Å². The third kappa shape index (κ3) is 3.26. The van der Waals surface area contributed by atoms with E-state index in [-0.39, 0.29) is 11.8 Å². The molecule has 1 amide bonds. The summed E-state index contributed by atoms with van der Waals surface area (Å²) in [7, 11) is 0. The van der Waals surface area contributed by atoms with Crippen LogP contribution < -0.4 is 9.47 Å². The molecule has 0 bridgehead atoms. The minimum Gasteiger partial charge on any atom is -0.486 e. The predicted octanol–water partition coefficient (Wildman–Crippen LogP) is 1.96. The Hall–Kier alpha value is -2.54. The molecule has 7 nitrogen and oxygen atoms in total. The number of benzene rings is 1. The van der Waals surface area contributed by atoms with Crippen molar-refractivity contribution >= 4 is 5.91 Å². The van der Waals surface area contributed by atoms with Crippen LogP contribution in [0.15, 0.2) is 30.7 Å². The fourth-order valence-electron chi connectivity index (χ4n) is 3.51. The molecule has 1 atom stereocenters. The number of nitrogens with zero attached hydrogens (tertiary/aromatic N) is 3. The van der Waals surface area contributed by atoms with Crippen molar-refractivity contribution < 1.29 is 19.0 Å². The highest BCUT2D eigenvalue weighted by atomic mass is 16.6. The zero-order valence-corrected chi connectivity index (χ0v) is 14.9. The van der Waals surface area contributed by atoms with Crippen molar-refractivity contribution in [3.05, 3.63) is 42.0 Å². The maximum absolute atomic E-state index is 13.3. The summed E-state index contributed by atoms with van der Waals surface area (Å²) in [6.07, 6.45) is 3.65. The fraction of sp³-hybridized carbons (Fsp3) is 0.474. The first-order valence-electron chi connectivity index (χ1n) is 9.01. The minimum atomic E-state index is -0.0523. The number of rotatable bonds is 4. The molecule has 2 aliphatic heterocycles. The second kappa shape index (κ2) is 7.37. The van der Waals surface area contributed by atoms with Gasteiger partial charge in [-0.25, -0.2) is 4.98 Å². The number of imidazole rings is 1. The van der Waals surface area contributed by atoms with E-state index in [4.69, 9.17) is 14.2 Å². The summed E-state index contributed by atoms with van der Waals surface area (Å²) in [6, 6.07) is 5.47. The summed E-state index contributed by atoms with van der Waals surface area (Å²) in [5.74, 6) is 1.34. The van der Waals surface area contributed by atoms with Gasteiger partial charge < -0.3 is 23.7 Å². The molecular formula is C19H23N3O4. The predicted molar refractivity (Wildman–Crippen MR) is 94.4 cm³/mol. The first kappa shape index (κ1) is 16.9. The molecule has 0 fully saturated rings. The molecule has 1 aromatic carbocycles. The molecule has 7 heteroatoms. The SMILES string of the molecule is CCOC[C@H]1CN(C(=O)c2cccc3c2OCCO3)Cc2cncn2C1. The highest BCUT2D eigenvalue weighted by Gasteiger charge is 2.29. The topological polar surface area (TPSA) is 65.8 Å². The lowest BCUT2D eigenvalue weighted by atomic mass is 10.1. The van der Waals surface area contributed by atoms with E-state index in [1.165, 1.54) is 0 Å². The van der Waals surface area contributed by atoms with Crippen molar-refractivity contribution in [2.24, 2.45) is 5.92 Å². The average molecular weight is 357 g/mol.